The molecule has 3 rings (SSSR count). The predicted octanol–water partition coefficient (Wildman–Crippen LogP) is 5.02. The molecule has 0 amide bonds. The molecule has 0 aromatic heterocycles. The van der Waals surface area contributed by atoms with Gasteiger partial charge in [-0.25, -0.2) is 4.79 Å². The fraction of sp³-hybridized carbons (Fsp3) is 0.0476. The highest BCUT2D eigenvalue weighted by Gasteiger charge is 2.12. The number of carboxylic acids is 1. The normalized spacial score (nSPS) is 11.3. The van der Waals surface area contributed by atoms with Gasteiger partial charge in [-0.3, -0.25) is 0 Å². The Balaban J connectivity index is 1.75. The number of hydrogen-bond acceptors (Lipinski definition) is 4. The fourth-order valence-corrected chi connectivity index (χ4v) is 3.57. The van der Waals surface area contributed by atoms with Gasteiger partial charge in [-0.1, -0.05) is 71.9 Å². The van der Waals surface area contributed by atoms with Crippen molar-refractivity contribution in [2.24, 2.45) is 5.16 Å². The molecular formula is C21H17NO3S. The lowest BCUT2D eigenvalue weighted by Crippen LogP contribution is -2.06. The number of hydrogen-bond donors (Lipinski definition) is 2. The van der Waals surface area contributed by atoms with Crippen molar-refractivity contribution >= 4 is 23.4 Å². The molecule has 0 unspecified atom stereocenters. The van der Waals surface area contributed by atoms with Gasteiger partial charge in [0.25, 0.3) is 0 Å². The third kappa shape index (κ3) is 4.13. The number of rotatable bonds is 6. The zero-order valence-electron chi connectivity index (χ0n) is 13.9. The summed E-state index contributed by atoms with van der Waals surface area (Å²) < 4.78 is 0. The molecule has 0 aliphatic heterocycles. The third-order valence-electron chi connectivity index (χ3n) is 3.93. The van der Waals surface area contributed by atoms with Gasteiger partial charge >= 0.3 is 5.97 Å². The molecule has 3 aromatic rings. The van der Waals surface area contributed by atoms with E-state index in [9.17, 15) is 15.1 Å². The molecule has 130 valence electrons. The Bertz CT molecular complexity index is 922. The average molecular weight is 363 g/mol. The topological polar surface area (TPSA) is 69.9 Å². The van der Waals surface area contributed by atoms with Gasteiger partial charge in [0.05, 0.1) is 11.3 Å². The molecule has 0 saturated carbocycles. The number of oxime groups is 1. The van der Waals surface area contributed by atoms with Gasteiger partial charge in [0.15, 0.2) is 0 Å². The van der Waals surface area contributed by atoms with E-state index in [1.165, 1.54) is 11.8 Å². The highest BCUT2D eigenvalue weighted by molar-refractivity contribution is 8.00. The second-order valence-corrected chi connectivity index (χ2v) is 6.60. The summed E-state index contributed by atoms with van der Waals surface area (Å²) in [7, 11) is 0. The number of carboxylic acid groups (broad SMARTS) is 1. The van der Waals surface area contributed by atoms with Crippen LogP contribution in [-0.4, -0.2) is 27.7 Å². The SMILES string of the molecule is O=C(O)c1ccccc1SCC(=NO)c1ccc(-c2ccccc2)cc1. The summed E-state index contributed by atoms with van der Waals surface area (Å²) in [6.07, 6.45) is 0. The van der Waals surface area contributed by atoms with Crippen LogP contribution in [0.3, 0.4) is 0 Å². The maximum absolute atomic E-state index is 11.3. The van der Waals surface area contributed by atoms with Crippen LogP contribution >= 0.6 is 11.8 Å². The van der Waals surface area contributed by atoms with Crippen LogP contribution in [0.5, 0.6) is 0 Å². The summed E-state index contributed by atoms with van der Waals surface area (Å²) in [5.41, 5.74) is 3.73. The lowest BCUT2D eigenvalue weighted by molar-refractivity contribution is 0.0693. The minimum atomic E-state index is -0.970. The van der Waals surface area contributed by atoms with Crippen molar-refractivity contribution in [1.82, 2.24) is 0 Å². The molecule has 0 radical (unpaired) electrons. The van der Waals surface area contributed by atoms with E-state index in [2.05, 4.69) is 5.16 Å². The minimum absolute atomic E-state index is 0.245. The maximum atomic E-state index is 11.3. The molecular weight excluding hydrogens is 346 g/mol. The van der Waals surface area contributed by atoms with Crippen LogP contribution in [0, 0.1) is 0 Å². The lowest BCUT2D eigenvalue weighted by atomic mass is 10.0. The summed E-state index contributed by atoms with van der Waals surface area (Å²) >= 11 is 1.33. The van der Waals surface area contributed by atoms with Gasteiger partial charge in [0, 0.05) is 16.2 Å². The second kappa shape index (κ2) is 8.36. The van der Waals surface area contributed by atoms with Gasteiger partial charge in [-0.2, -0.15) is 0 Å². The minimum Gasteiger partial charge on any atom is -0.478 e. The molecule has 26 heavy (non-hydrogen) atoms. The van der Waals surface area contributed by atoms with Gasteiger partial charge < -0.3 is 10.3 Å². The summed E-state index contributed by atoms with van der Waals surface area (Å²) in [5.74, 6) is -0.603. The standard InChI is InChI=1S/C21H17NO3S/c23-21(24)18-8-4-5-9-20(18)26-14-19(22-25)17-12-10-16(11-13-17)15-6-2-1-3-7-15/h1-13,25H,14H2,(H,23,24). The van der Waals surface area contributed by atoms with Crippen LogP contribution < -0.4 is 0 Å². The number of carbonyl (C=O) groups is 1. The molecule has 0 fully saturated rings. The predicted molar refractivity (Wildman–Crippen MR) is 104 cm³/mol. The van der Waals surface area contributed by atoms with E-state index in [4.69, 9.17) is 0 Å². The molecule has 3 aromatic carbocycles. The highest BCUT2D eigenvalue weighted by atomic mass is 32.2. The van der Waals surface area contributed by atoms with E-state index in [-0.39, 0.29) is 5.56 Å². The van der Waals surface area contributed by atoms with E-state index >= 15 is 0 Å². The number of aromatic carboxylic acids is 1. The first-order chi connectivity index (χ1) is 12.7. The molecule has 0 spiro atoms. The monoisotopic (exact) mass is 363 g/mol. The average Bonchev–Trinajstić information content (AvgIpc) is 2.70. The summed E-state index contributed by atoms with van der Waals surface area (Å²) in [6.45, 7) is 0. The van der Waals surface area contributed by atoms with Crippen molar-refractivity contribution in [3.05, 3.63) is 90.0 Å². The zero-order valence-corrected chi connectivity index (χ0v) is 14.7. The first-order valence-electron chi connectivity index (χ1n) is 8.01. The highest BCUT2D eigenvalue weighted by Crippen LogP contribution is 2.25. The van der Waals surface area contributed by atoms with Gasteiger partial charge in [0.1, 0.15) is 0 Å². The Labute approximate surface area is 155 Å². The second-order valence-electron chi connectivity index (χ2n) is 5.58. The smallest absolute Gasteiger partial charge is 0.336 e. The Kier molecular flexibility index (Phi) is 5.71. The van der Waals surface area contributed by atoms with Crippen LogP contribution in [0.25, 0.3) is 11.1 Å². The number of nitrogens with zero attached hydrogens (tertiary/aromatic N) is 1. The fourth-order valence-electron chi connectivity index (χ4n) is 2.57. The molecule has 0 bridgehead atoms. The van der Waals surface area contributed by atoms with E-state index in [0.717, 1.165) is 16.7 Å². The first-order valence-corrected chi connectivity index (χ1v) is 8.99. The van der Waals surface area contributed by atoms with Crippen molar-refractivity contribution in [3.8, 4) is 11.1 Å². The third-order valence-corrected chi connectivity index (χ3v) is 5.01. The van der Waals surface area contributed by atoms with Gasteiger partial charge in [0.2, 0.25) is 0 Å². The van der Waals surface area contributed by atoms with E-state index < -0.39 is 5.97 Å². The van der Waals surface area contributed by atoms with Crippen LogP contribution in [0.15, 0.2) is 88.9 Å². The molecule has 0 saturated heterocycles. The summed E-state index contributed by atoms with van der Waals surface area (Å²) in [4.78, 5) is 11.9. The molecule has 0 heterocycles. The summed E-state index contributed by atoms with van der Waals surface area (Å²) in [6, 6.07) is 24.6. The van der Waals surface area contributed by atoms with E-state index in [0.29, 0.717) is 16.4 Å². The van der Waals surface area contributed by atoms with Gasteiger partial charge in [-0.05, 0) is 23.3 Å². The molecule has 2 N–H and O–H groups in total. The van der Waals surface area contributed by atoms with Crippen molar-refractivity contribution in [3.63, 3.8) is 0 Å². The zero-order chi connectivity index (χ0) is 18.4. The Hall–Kier alpha value is -3.05. The summed E-state index contributed by atoms with van der Waals surface area (Å²) in [5, 5.41) is 22.0. The van der Waals surface area contributed by atoms with Crippen molar-refractivity contribution in [2.75, 3.05) is 5.75 Å². The Morgan fingerprint density at radius 3 is 2.12 bits per heavy atom. The van der Waals surface area contributed by atoms with E-state index in [1.54, 1.807) is 24.3 Å². The maximum Gasteiger partial charge on any atom is 0.336 e. The van der Waals surface area contributed by atoms with Crippen LogP contribution in [0.1, 0.15) is 15.9 Å². The lowest BCUT2D eigenvalue weighted by Gasteiger charge is -2.08. The Morgan fingerprint density at radius 1 is 0.846 bits per heavy atom. The number of thioether (sulfide) groups is 1. The van der Waals surface area contributed by atoms with Gasteiger partial charge in [-0.15, -0.1) is 11.8 Å². The van der Waals surface area contributed by atoms with Crippen LogP contribution in [0.4, 0.5) is 0 Å². The van der Waals surface area contributed by atoms with E-state index in [1.807, 2.05) is 54.6 Å². The van der Waals surface area contributed by atoms with Crippen LogP contribution in [-0.2, 0) is 0 Å². The first kappa shape index (κ1) is 17.8. The molecule has 5 heteroatoms. The van der Waals surface area contributed by atoms with Crippen molar-refractivity contribution < 1.29 is 15.1 Å². The number of benzene rings is 3. The molecule has 0 atom stereocenters. The quantitative estimate of drug-likeness (QED) is 0.279. The molecule has 0 aliphatic carbocycles. The molecule has 4 nitrogen and oxygen atoms in total. The van der Waals surface area contributed by atoms with Crippen molar-refractivity contribution in [1.29, 1.82) is 0 Å². The van der Waals surface area contributed by atoms with Crippen LogP contribution in [0.2, 0.25) is 0 Å². The molecule has 0 aliphatic rings. The Morgan fingerprint density at radius 2 is 1.46 bits per heavy atom. The largest absolute Gasteiger partial charge is 0.478 e. The van der Waals surface area contributed by atoms with Crippen molar-refractivity contribution in [2.45, 2.75) is 4.90 Å².